The second-order valence-electron chi connectivity index (χ2n) is 3.98. The van der Waals surface area contributed by atoms with E-state index in [4.69, 9.17) is 9.84 Å². The Bertz CT molecular complexity index is 358. The number of ether oxygens (including phenoxy) is 1. The fourth-order valence-electron chi connectivity index (χ4n) is 2.17. The van der Waals surface area contributed by atoms with E-state index in [-0.39, 0.29) is 0 Å². The molecule has 2 unspecified atom stereocenters. The lowest BCUT2D eigenvalue weighted by molar-refractivity contribution is 0.0697. The topological polar surface area (TPSA) is 51.5 Å². The summed E-state index contributed by atoms with van der Waals surface area (Å²) in [6, 6.07) is 2.03. The Morgan fingerprint density at radius 1 is 1.60 bits per heavy atom. The maximum atomic E-state index is 10.7. The molecule has 0 spiro atoms. The van der Waals surface area contributed by atoms with E-state index in [2.05, 4.69) is 0 Å². The van der Waals surface area contributed by atoms with E-state index in [1.807, 2.05) is 10.8 Å². The van der Waals surface area contributed by atoms with Crippen molar-refractivity contribution in [1.82, 2.24) is 4.57 Å². The molecule has 2 atom stereocenters. The average molecular weight is 209 g/mol. The van der Waals surface area contributed by atoms with Crippen molar-refractivity contribution in [3.05, 3.63) is 24.0 Å². The van der Waals surface area contributed by atoms with E-state index in [0.29, 0.717) is 17.7 Å². The minimum atomic E-state index is -0.866. The maximum Gasteiger partial charge on any atom is 0.337 e. The molecule has 1 aliphatic carbocycles. The van der Waals surface area contributed by atoms with Gasteiger partial charge in [0.25, 0.3) is 0 Å². The Kier molecular flexibility index (Phi) is 2.77. The van der Waals surface area contributed by atoms with Gasteiger partial charge in [-0.3, -0.25) is 0 Å². The normalized spacial score (nSPS) is 25.7. The molecule has 4 nitrogen and oxygen atoms in total. The Hall–Kier alpha value is -1.29. The van der Waals surface area contributed by atoms with Gasteiger partial charge in [0.05, 0.1) is 11.7 Å². The van der Waals surface area contributed by atoms with Gasteiger partial charge in [0, 0.05) is 25.5 Å². The van der Waals surface area contributed by atoms with Crippen LogP contribution in [0.4, 0.5) is 0 Å². The van der Waals surface area contributed by atoms with E-state index in [1.165, 1.54) is 0 Å². The summed E-state index contributed by atoms with van der Waals surface area (Å²) in [5.74, 6) is -0.866. The molecular formula is C11H15NO3. The van der Waals surface area contributed by atoms with Crippen LogP contribution in [0, 0.1) is 0 Å². The fraction of sp³-hybridized carbons (Fsp3) is 0.545. The van der Waals surface area contributed by atoms with Crippen LogP contribution in [0.5, 0.6) is 0 Å². The summed E-state index contributed by atoms with van der Waals surface area (Å²) in [4.78, 5) is 10.7. The molecule has 2 rings (SSSR count). The standard InChI is InChI=1S/C11H15NO3/c1-15-10-3-2-9(6-10)12-5-4-8(7-12)11(13)14/h4-5,7,9-10H,2-3,6H2,1H3,(H,13,14). The van der Waals surface area contributed by atoms with Crippen molar-refractivity contribution in [2.45, 2.75) is 31.4 Å². The third-order valence-corrected chi connectivity index (χ3v) is 3.07. The number of carbonyl (C=O) groups is 1. The first-order valence-electron chi connectivity index (χ1n) is 5.14. The number of hydrogen-bond acceptors (Lipinski definition) is 2. The first-order chi connectivity index (χ1) is 7.20. The van der Waals surface area contributed by atoms with E-state index in [1.54, 1.807) is 19.4 Å². The number of aromatic carboxylic acids is 1. The van der Waals surface area contributed by atoms with Crippen LogP contribution < -0.4 is 0 Å². The minimum Gasteiger partial charge on any atom is -0.478 e. The molecule has 0 aliphatic heterocycles. The van der Waals surface area contributed by atoms with Crippen LogP contribution in [0.3, 0.4) is 0 Å². The van der Waals surface area contributed by atoms with E-state index < -0.39 is 5.97 Å². The molecule has 0 bridgehead atoms. The van der Waals surface area contributed by atoms with Crippen molar-refractivity contribution >= 4 is 5.97 Å². The van der Waals surface area contributed by atoms with Gasteiger partial charge in [0.15, 0.2) is 0 Å². The molecule has 1 fully saturated rings. The first-order valence-corrected chi connectivity index (χ1v) is 5.14. The molecule has 1 heterocycles. The zero-order valence-corrected chi connectivity index (χ0v) is 8.72. The van der Waals surface area contributed by atoms with Crippen LogP contribution in [0.25, 0.3) is 0 Å². The van der Waals surface area contributed by atoms with Gasteiger partial charge in [-0.05, 0) is 25.3 Å². The molecular weight excluding hydrogens is 194 g/mol. The van der Waals surface area contributed by atoms with Gasteiger partial charge in [0.2, 0.25) is 0 Å². The smallest absolute Gasteiger partial charge is 0.337 e. The number of hydrogen-bond donors (Lipinski definition) is 1. The van der Waals surface area contributed by atoms with Crippen LogP contribution in [0.2, 0.25) is 0 Å². The highest BCUT2D eigenvalue weighted by Gasteiger charge is 2.25. The highest BCUT2D eigenvalue weighted by atomic mass is 16.5. The van der Waals surface area contributed by atoms with E-state index in [9.17, 15) is 4.79 Å². The fourth-order valence-corrected chi connectivity index (χ4v) is 2.17. The van der Waals surface area contributed by atoms with Crippen molar-refractivity contribution < 1.29 is 14.6 Å². The minimum absolute atomic E-state index is 0.325. The monoisotopic (exact) mass is 209 g/mol. The molecule has 1 aromatic heterocycles. The largest absolute Gasteiger partial charge is 0.478 e. The van der Waals surface area contributed by atoms with Crippen LogP contribution in [0.15, 0.2) is 18.5 Å². The third kappa shape index (κ3) is 2.04. The number of methoxy groups -OCH3 is 1. The van der Waals surface area contributed by atoms with Crippen molar-refractivity contribution in [2.75, 3.05) is 7.11 Å². The van der Waals surface area contributed by atoms with Gasteiger partial charge in [-0.15, -0.1) is 0 Å². The van der Waals surface area contributed by atoms with Crippen LogP contribution in [-0.4, -0.2) is 28.9 Å². The van der Waals surface area contributed by atoms with Crippen LogP contribution in [0.1, 0.15) is 35.7 Å². The quantitative estimate of drug-likeness (QED) is 0.827. The van der Waals surface area contributed by atoms with Crippen molar-refractivity contribution in [1.29, 1.82) is 0 Å². The summed E-state index contributed by atoms with van der Waals surface area (Å²) < 4.78 is 7.28. The molecule has 82 valence electrons. The lowest BCUT2D eigenvalue weighted by atomic mass is 10.2. The van der Waals surface area contributed by atoms with Crippen molar-refractivity contribution in [3.8, 4) is 0 Å². The Morgan fingerprint density at radius 2 is 2.40 bits per heavy atom. The molecule has 0 saturated heterocycles. The van der Waals surface area contributed by atoms with Crippen LogP contribution >= 0.6 is 0 Å². The molecule has 0 amide bonds. The average Bonchev–Trinajstić information content (AvgIpc) is 2.86. The van der Waals surface area contributed by atoms with Crippen LogP contribution in [-0.2, 0) is 4.74 Å². The summed E-state index contributed by atoms with van der Waals surface area (Å²) in [6.07, 6.45) is 6.96. The van der Waals surface area contributed by atoms with Gasteiger partial charge >= 0.3 is 5.97 Å². The zero-order valence-electron chi connectivity index (χ0n) is 8.72. The maximum absolute atomic E-state index is 10.7. The third-order valence-electron chi connectivity index (χ3n) is 3.07. The van der Waals surface area contributed by atoms with E-state index in [0.717, 1.165) is 19.3 Å². The second-order valence-corrected chi connectivity index (χ2v) is 3.98. The molecule has 1 N–H and O–H groups in total. The van der Waals surface area contributed by atoms with E-state index >= 15 is 0 Å². The highest BCUT2D eigenvalue weighted by Crippen LogP contribution is 2.31. The molecule has 0 radical (unpaired) electrons. The first kappa shape index (κ1) is 10.2. The Balaban J connectivity index is 2.07. The van der Waals surface area contributed by atoms with Gasteiger partial charge < -0.3 is 14.4 Å². The Morgan fingerprint density at radius 3 is 2.93 bits per heavy atom. The number of carboxylic acid groups (broad SMARTS) is 1. The molecule has 0 aromatic carbocycles. The Labute approximate surface area is 88.5 Å². The number of aromatic nitrogens is 1. The SMILES string of the molecule is COC1CCC(n2ccc(C(=O)O)c2)C1. The highest BCUT2D eigenvalue weighted by molar-refractivity contribution is 5.87. The van der Waals surface area contributed by atoms with Gasteiger partial charge in [0.1, 0.15) is 0 Å². The lowest BCUT2D eigenvalue weighted by Gasteiger charge is -2.12. The summed E-state index contributed by atoms with van der Waals surface area (Å²) >= 11 is 0. The summed E-state index contributed by atoms with van der Waals surface area (Å²) in [5, 5.41) is 8.80. The molecule has 1 saturated carbocycles. The summed E-state index contributed by atoms with van der Waals surface area (Å²) in [5.41, 5.74) is 0.357. The number of carboxylic acids is 1. The lowest BCUT2D eigenvalue weighted by Crippen LogP contribution is -2.07. The molecule has 1 aromatic rings. The van der Waals surface area contributed by atoms with Gasteiger partial charge in [-0.25, -0.2) is 4.79 Å². The molecule has 15 heavy (non-hydrogen) atoms. The number of nitrogens with zero attached hydrogens (tertiary/aromatic N) is 1. The predicted molar refractivity (Wildman–Crippen MR) is 55.1 cm³/mol. The summed E-state index contributed by atoms with van der Waals surface area (Å²) in [6.45, 7) is 0. The van der Waals surface area contributed by atoms with Gasteiger partial charge in [-0.2, -0.15) is 0 Å². The second kappa shape index (κ2) is 4.06. The van der Waals surface area contributed by atoms with Crippen molar-refractivity contribution in [3.63, 3.8) is 0 Å². The molecule has 4 heteroatoms. The van der Waals surface area contributed by atoms with Crippen molar-refractivity contribution in [2.24, 2.45) is 0 Å². The zero-order chi connectivity index (χ0) is 10.8. The predicted octanol–water partition coefficient (Wildman–Crippen LogP) is 1.93. The number of rotatable bonds is 3. The summed E-state index contributed by atoms with van der Waals surface area (Å²) in [7, 11) is 1.73. The molecule has 1 aliphatic rings. The van der Waals surface area contributed by atoms with Gasteiger partial charge in [-0.1, -0.05) is 0 Å².